The molecule has 4 aromatic rings. The Morgan fingerprint density at radius 1 is 0.894 bits per heavy atom. The molecule has 47 heavy (non-hydrogen) atoms. The van der Waals surface area contributed by atoms with Crippen LogP contribution in [0.3, 0.4) is 0 Å². The fraction of sp³-hybridized carbons (Fsp3) is 0.278. The zero-order chi connectivity index (χ0) is 33.6. The first-order chi connectivity index (χ1) is 22.5. The van der Waals surface area contributed by atoms with Crippen molar-refractivity contribution in [3.63, 3.8) is 0 Å². The van der Waals surface area contributed by atoms with Gasteiger partial charge in [-0.25, -0.2) is 8.42 Å². The molecule has 2 amide bonds. The first-order valence-corrected chi connectivity index (χ1v) is 18.4. The van der Waals surface area contributed by atoms with E-state index in [0.717, 1.165) is 41.1 Å². The summed E-state index contributed by atoms with van der Waals surface area (Å²) in [5.74, 6) is -0.896. The van der Waals surface area contributed by atoms with Crippen LogP contribution in [0.25, 0.3) is 0 Å². The van der Waals surface area contributed by atoms with Gasteiger partial charge in [0, 0.05) is 39.1 Å². The van der Waals surface area contributed by atoms with E-state index in [9.17, 15) is 18.0 Å². The first-order valence-electron chi connectivity index (χ1n) is 15.4. The van der Waals surface area contributed by atoms with E-state index in [0.29, 0.717) is 25.8 Å². The molecule has 1 saturated carbocycles. The molecule has 0 heterocycles. The van der Waals surface area contributed by atoms with E-state index in [1.54, 1.807) is 54.6 Å². The maximum atomic E-state index is 14.7. The third-order valence-electron chi connectivity index (χ3n) is 8.35. The van der Waals surface area contributed by atoms with Gasteiger partial charge in [0.15, 0.2) is 0 Å². The molecule has 4 aromatic carbocycles. The van der Waals surface area contributed by atoms with E-state index >= 15 is 0 Å². The molecule has 0 aliphatic heterocycles. The molecule has 1 atom stereocenters. The zero-order valence-electron chi connectivity index (χ0n) is 25.9. The molecule has 1 N–H and O–H groups in total. The van der Waals surface area contributed by atoms with Crippen LogP contribution >= 0.6 is 39.1 Å². The van der Waals surface area contributed by atoms with Crippen LogP contribution in [-0.4, -0.2) is 43.8 Å². The Morgan fingerprint density at radius 2 is 1.53 bits per heavy atom. The first kappa shape index (κ1) is 35.0. The molecule has 7 nitrogen and oxygen atoms in total. The lowest BCUT2D eigenvalue weighted by Crippen LogP contribution is -2.54. The predicted octanol–water partition coefficient (Wildman–Crippen LogP) is 7.96. The van der Waals surface area contributed by atoms with Crippen molar-refractivity contribution < 1.29 is 18.0 Å². The summed E-state index contributed by atoms with van der Waals surface area (Å²) in [6.07, 6.45) is 3.96. The van der Waals surface area contributed by atoms with Gasteiger partial charge in [0.25, 0.3) is 10.0 Å². The summed E-state index contributed by atoms with van der Waals surface area (Å²) in [5.41, 5.74) is 2.50. The van der Waals surface area contributed by atoms with Gasteiger partial charge in [-0.2, -0.15) is 0 Å². The standard InChI is InChI=1S/C36H36BrCl2N3O4S/c1-25-17-19-30(20-18-25)47(45,46)42(29-14-7-11-27(37)22-29)24-35(43)41(23-31-32(38)15-8-16-33(31)39)34(21-26-9-3-2-4-10-26)36(44)40-28-12-5-6-13-28/h2-4,7-11,14-20,22,28,34H,5-6,12-13,21,23-24H2,1H3,(H,40,44)/t34-/m0/s1. The molecule has 0 spiro atoms. The number of carbonyl (C=O) groups is 2. The largest absolute Gasteiger partial charge is 0.352 e. The molecular formula is C36H36BrCl2N3O4S. The minimum atomic E-state index is -4.22. The normalized spacial score (nSPS) is 14.0. The van der Waals surface area contributed by atoms with Crippen LogP contribution < -0.4 is 9.62 Å². The predicted molar refractivity (Wildman–Crippen MR) is 191 cm³/mol. The Kier molecular flexibility index (Phi) is 11.7. The highest BCUT2D eigenvalue weighted by atomic mass is 79.9. The maximum absolute atomic E-state index is 14.7. The van der Waals surface area contributed by atoms with Gasteiger partial charge in [0.05, 0.1) is 10.6 Å². The van der Waals surface area contributed by atoms with Gasteiger partial charge >= 0.3 is 0 Å². The molecule has 246 valence electrons. The van der Waals surface area contributed by atoms with Gasteiger partial charge in [0.2, 0.25) is 11.8 Å². The van der Waals surface area contributed by atoms with Gasteiger partial charge in [0.1, 0.15) is 12.6 Å². The van der Waals surface area contributed by atoms with Crippen LogP contribution in [0.1, 0.15) is 42.4 Å². The number of sulfonamides is 1. The number of benzene rings is 4. The second kappa shape index (κ2) is 15.7. The molecule has 0 unspecified atom stereocenters. The maximum Gasteiger partial charge on any atom is 0.264 e. The smallest absolute Gasteiger partial charge is 0.264 e. The van der Waals surface area contributed by atoms with Gasteiger partial charge < -0.3 is 10.2 Å². The number of carbonyl (C=O) groups excluding carboxylic acids is 2. The van der Waals surface area contributed by atoms with E-state index in [4.69, 9.17) is 23.2 Å². The summed E-state index contributed by atoms with van der Waals surface area (Å²) in [6.45, 7) is 1.19. The number of hydrogen-bond donors (Lipinski definition) is 1. The minimum absolute atomic E-state index is 0.00158. The molecule has 1 fully saturated rings. The van der Waals surface area contributed by atoms with Crippen LogP contribution in [0.2, 0.25) is 10.0 Å². The fourth-order valence-electron chi connectivity index (χ4n) is 5.77. The van der Waals surface area contributed by atoms with Crippen molar-refractivity contribution in [2.45, 2.75) is 62.6 Å². The number of nitrogens with one attached hydrogen (secondary N) is 1. The number of anilines is 1. The third kappa shape index (κ3) is 8.76. The number of aryl methyl sites for hydroxylation is 1. The summed E-state index contributed by atoms with van der Waals surface area (Å²) in [6, 6.07) is 26.7. The van der Waals surface area contributed by atoms with E-state index < -0.39 is 28.5 Å². The van der Waals surface area contributed by atoms with Crippen molar-refractivity contribution >= 4 is 66.7 Å². The average molecular weight is 758 g/mol. The molecule has 11 heteroatoms. The van der Waals surface area contributed by atoms with Gasteiger partial charge in [-0.1, -0.05) is 112 Å². The van der Waals surface area contributed by atoms with Gasteiger partial charge in [-0.15, -0.1) is 0 Å². The molecule has 0 bridgehead atoms. The summed E-state index contributed by atoms with van der Waals surface area (Å²) in [5, 5.41) is 3.84. The van der Waals surface area contributed by atoms with Crippen molar-refractivity contribution in [3.8, 4) is 0 Å². The highest BCUT2D eigenvalue weighted by molar-refractivity contribution is 9.10. The second-order valence-corrected chi connectivity index (χ2v) is 15.3. The Bertz CT molecular complexity index is 1800. The Labute approximate surface area is 295 Å². The summed E-state index contributed by atoms with van der Waals surface area (Å²) < 4.78 is 30.2. The lowest BCUT2D eigenvalue weighted by atomic mass is 10.0. The summed E-state index contributed by atoms with van der Waals surface area (Å²) in [4.78, 5) is 30.3. The number of rotatable bonds is 12. The third-order valence-corrected chi connectivity index (χ3v) is 11.3. The fourth-order valence-corrected chi connectivity index (χ4v) is 8.08. The second-order valence-electron chi connectivity index (χ2n) is 11.7. The Balaban J connectivity index is 1.59. The number of hydrogen-bond acceptors (Lipinski definition) is 4. The molecule has 1 aliphatic rings. The highest BCUT2D eigenvalue weighted by Crippen LogP contribution is 2.30. The number of nitrogens with zero attached hydrogens (tertiary/aromatic N) is 2. The van der Waals surface area contributed by atoms with Crippen molar-refractivity contribution in [2.75, 3.05) is 10.8 Å². The molecular weight excluding hydrogens is 721 g/mol. The van der Waals surface area contributed by atoms with Gasteiger partial charge in [-0.3, -0.25) is 13.9 Å². The van der Waals surface area contributed by atoms with Crippen LogP contribution in [0.15, 0.2) is 106 Å². The highest BCUT2D eigenvalue weighted by Gasteiger charge is 2.36. The van der Waals surface area contributed by atoms with Crippen LogP contribution in [0.5, 0.6) is 0 Å². The Hall–Kier alpha value is -3.37. The molecule has 1 aliphatic carbocycles. The topological polar surface area (TPSA) is 86.8 Å². The van der Waals surface area contributed by atoms with Crippen LogP contribution in [0.4, 0.5) is 5.69 Å². The summed E-state index contributed by atoms with van der Waals surface area (Å²) >= 11 is 16.7. The van der Waals surface area contributed by atoms with Crippen LogP contribution in [-0.2, 0) is 32.6 Å². The van der Waals surface area contributed by atoms with E-state index in [1.807, 2.05) is 37.3 Å². The monoisotopic (exact) mass is 755 g/mol. The van der Waals surface area contributed by atoms with Crippen molar-refractivity contribution in [1.82, 2.24) is 10.2 Å². The molecule has 5 rings (SSSR count). The van der Waals surface area contributed by atoms with Crippen LogP contribution in [0, 0.1) is 6.92 Å². The molecule has 0 saturated heterocycles. The van der Waals surface area contributed by atoms with E-state index in [-0.39, 0.29) is 29.8 Å². The van der Waals surface area contributed by atoms with Gasteiger partial charge in [-0.05, 0) is 67.8 Å². The summed E-state index contributed by atoms with van der Waals surface area (Å²) in [7, 11) is -4.22. The zero-order valence-corrected chi connectivity index (χ0v) is 29.8. The average Bonchev–Trinajstić information content (AvgIpc) is 3.56. The number of halogens is 3. The van der Waals surface area contributed by atoms with E-state index in [1.165, 1.54) is 17.0 Å². The molecule has 0 aromatic heterocycles. The molecule has 0 radical (unpaired) electrons. The SMILES string of the molecule is Cc1ccc(S(=O)(=O)N(CC(=O)N(Cc2c(Cl)cccc2Cl)[C@@H](Cc2ccccc2)C(=O)NC2CCCC2)c2cccc(Br)c2)cc1. The minimum Gasteiger partial charge on any atom is -0.352 e. The van der Waals surface area contributed by atoms with Crippen molar-refractivity contribution in [2.24, 2.45) is 0 Å². The van der Waals surface area contributed by atoms with E-state index in [2.05, 4.69) is 21.2 Å². The number of amides is 2. The quantitative estimate of drug-likeness (QED) is 0.159. The lowest BCUT2D eigenvalue weighted by molar-refractivity contribution is -0.140. The lowest BCUT2D eigenvalue weighted by Gasteiger charge is -2.34. The Morgan fingerprint density at radius 3 is 2.17 bits per heavy atom. The van der Waals surface area contributed by atoms with Crippen molar-refractivity contribution in [3.05, 3.63) is 128 Å². The van der Waals surface area contributed by atoms with Crippen molar-refractivity contribution in [1.29, 1.82) is 0 Å².